The number of hydrogen-bond donors (Lipinski definition) is 2. The number of carbonyl (C=O) groups excluding carboxylic acids is 1. The first-order valence-corrected chi connectivity index (χ1v) is 9.93. The fraction of sp³-hybridized carbons (Fsp3) is 0.211. The van der Waals surface area contributed by atoms with Gasteiger partial charge in [0.2, 0.25) is 11.1 Å². The molecule has 1 amide bonds. The number of aromatic amines is 1. The molecule has 0 radical (unpaired) electrons. The molecule has 5 nitrogen and oxygen atoms in total. The van der Waals surface area contributed by atoms with Crippen LogP contribution in [0.25, 0.3) is 0 Å². The molecular formula is C19H19BrN4OS. The molecule has 2 aromatic carbocycles. The van der Waals surface area contributed by atoms with Crippen LogP contribution >= 0.6 is 27.7 Å². The number of aromatic nitrogens is 3. The van der Waals surface area contributed by atoms with Crippen LogP contribution in [-0.2, 0) is 11.2 Å². The Morgan fingerprint density at radius 1 is 1.19 bits per heavy atom. The lowest BCUT2D eigenvalue weighted by Gasteiger charge is -2.09. The molecule has 7 heteroatoms. The van der Waals surface area contributed by atoms with Gasteiger partial charge in [-0.25, -0.2) is 4.98 Å². The maximum atomic E-state index is 12.2. The van der Waals surface area contributed by atoms with Crippen LogP contribution in [0.5, 0.6) is 0 Å². The smallest absolute Gasteiger partial charge is 0.234 e. The van der Waals surface area contributed by atoms with Gasteiger partial charge in [-0.2, -0.15) is 0 Å². The maximum Gasteiger partial charge on any atom is 0.234 e. The molecule has 0 bridgehead atoms. The zero-order chi connectivity index (χ0) is 18.5. The van der Waals surface area contributed by atoms with Crippen LogP contribution in [0.1, 0.15) is 22.5 Å². The van der Waals surface area contributed by atoms with Crippen molar-refractivity contribution < 1.29 is 4.79 Å². The van der Waals surface area contributed by atoms with E-state index in [4.69, 9.17) is 0 Å². The lowest BCUT2D eigenvalue weighted by atomic mass is 10.1. The van der Waals surface area contributed by atoms with E-state index in [9.17, 15) is 4.79 Å². The molecule has 0 aliphatic rings. The standard InChI is InChI=1S/C19H19BrN4OS/c1-12-8-15(20)16(9-13(12)2)21-18(25)11-26-19-22-17(23-24-19)10-14-6-4-3-5-7-14/h3-9H,10-11H2,1-2H3,(H,21,25)(H,22,23,24). The summed E-state index contributed by atoms with van der Waals surface area (Å²) in [6, 6.07) is 14.0. The van der Waals surface area contributed by atoms with Crippen LogP contribution in [0.4, 0.5) is 5.69 Å². The summed E-state index contributed by atoms with van der Waals surface area (Å²) in [5, 5.41) is 10.6. The van der Waals surface area contributed by atoms with E-state index in [1.807, 2.05) is 56.3 Å². The number of carbonyl (C=O) groups is 1. The van der Waals surface area contributed by atoms with Gasteiger partial charge in [-0.15, -0.1) is 5.10 Å². The van der Waals surface area contributed by atoms with Crippen LogP contribution in [-0.4, -0.2) is 26.8 Å². The highest BCUT2D eigenvalue weighted by Gasteiger charge is 2.11. The van der Waals surface area contributed by atoms with Crippen LogP contribution in [0.3, 0.4) is 0 Å². The van der Waals surface area contributed by atoms with E-state index < -0.39 is 0 Å². The minimum atomic E-state index is -0.0895. The molecule has 0 atom stereocenters. The molecule has 0 aliphatic heterocycles. The monoisotopic (exact) mass is 430 g/mol. The van der Waals surface area contributed by atoms with Gasteiger partial charge in [0.25, 0.3) is 0 Å². The van der Waals surface area contributed by atoms with Gasteiger partial charge in [-0.05, 0) is 58.6 Å². The Hall–Kier alpha value is -2.12. The number of halogens is 1. The number of amides is 1. The predicted octanol–water partition coefficient (Wildman–Crippen LogP) is 4.51. The Bertz CT molecular complexity index is 911. The van der Waals surface area contributed by atoms with E-state index in [1.165, 1.54) is 17.3 Å². The van der Waals surface area contributed by atoms with Crippen LogP contribution in [0.15, 0.2) is 52.1 Å². The summed E-state index contributed by atoms with van der Waals surface area (Å²) in [7, 11) is 0. The van der Waals surface area contributed by atoms with E-state index in [1.54, 1.807) is 0 Å². The zero-order valence-corrected chi connectivity index (χ0v) is 16.9. The topological polar surface area (TPSA) is 70.7 Å². The first-order valence-electron chi connectivity index (χ1n) is 8.16. The number of H-pyrrole nitrogens is 1. The zero-order valence-electron chi connectivity index (χ0n) is 14.5. The largest absolute Gasteiger partial charge is 0.324 e. The number of benzene rings is 2. The Balaban J connectivity index is 1.54. The number of anilines is 1. The average Bonchev–Trinajstić information content (AvgIpc) is 3.06. The fourth-order valence-electron chi connectivity index (χ4n) is 2.40. The molecular weight excluding hydrogens is 412 g/mol. The van der Waals surface area contributed by atoms with Crippen molar-refractivity contribution in [3.63, 3.8) is 0 Å². The summed E-state index contributed by atoms with van der Waals surface area (Å²) in [5.41, 5.74) is 4.25. The van der Waals surface area contributed by atoms with Gasteiger partial charge in [0.1, 0.15) is 5.82 Å². The molecule has 0 saturated carbocycles. The summed E-state index contributed by atoms with van der Waals surface area (Å²) in [5.74, 6) is 0.950. The van der Waals surface area contributed by atoms with E-state index in [0.717, 1.165) is 27.1 Å². The number of nitrogens with one attached hydrogen (secondary N) is 2. The second-order valence-corrected chi connectivity index (χ2v) is 7.78. The molecule has 0 fully saturated rings. The normalized spacial score (nSPS) is 10.7. The van der Waals surface area contributed by atoms with Crippen molar-refractivity contribution in [3.05, 3.63) is 69.5 Å². The molecule has 1 heterocycles. The van der Waals surface area contributed by atoms with Gasteiger partial charge in [-0.1, -0.05) is 42.1 Å². The Kier molecular flexibility index (Phi) is 6.11. The van der Waals surface area contributed by atoms with Crippen LogP contribution in [0.2, 0.25) is 0 Å². The number of nitrogens with zero attached hydrogens (tertiary/aromatic N) is 2. The van der Waals surface area contributed by atoms with Crippen molar-refractivity contribution in [1.29, 1.82) is 0 Å². The molecule has 134 valence electrons. The molecule has 0 saturated heterocycles. The number of hydrogen-bond acceptors (Lipinski definition) is 4. The second-order valence-electron chi connectivity index (χ2n) is 5.98. The van der Waals surface area contributed by atoms with Gasteiger partial charge in [0.15, 0.2) is 0 Å². The highest BCUT2D eigenvalue weighted by Crippen LogP contribution is 2.26. The highest BCUT2D eigenvalue weighted by molar-refractivity contribution is 9.10. The molecule has 2 N–H and O–H groups in total. The van der Waals surface area contributed by atoms with Crippen molar-refractivity contribution in [2.75, 3.05) is 11.1 Å². The van der Waals surface area contributed by atoms with Crippen molar-refractivity contribution in [2.45, 2.75) is 25.4 Å². The lowest BCUT2D eigenvalue weighted by Crippen LogP contribution is -2.14. The minimum absolute atomic E-state index is 0.0895. The van der Waals surface area contributed by atoms with Crippen molar-refractivity contribution in [2.24, 2.45) is 0 Å². The van der Waals surface area contributed by atoms with Gasteiger partial charge in [-0.3, -0.25) is 9.89 Å². The number of aryl methyl sites for hydroxylation is 2. The molecule has 3 aromatic rings. The summed E-state index contributed by atoms with van der Waals surface area (Å²) in [6.07, 6.45) is 0.691. The van der Waals surface area contributed by atoms with Gasteiger partial charge in [0, 0.05) is 10.9 Å². The fourth-order valence-corrected chi connectivity index (χ4v) is 3.58. The third kappa shape index (κ3) is 4.95. The van der Waals surface area contributed by atoms with Gasteiger partial charge >= 0.3 is 0 Å². The van der Waals surface area contributed by atoms with Crippen LogP contribution < -0.4 is 5.32 Å². The lowest BCUT2D eigenvalue weighted by molar-refractivity contribution is -0.113. The van der Waals surface area contributed by atoms with E-state index in [0.29, 0.717) is 11.6 Å². The molecule has 3 rings (SSSR count). The second kappa shape index (κ2) is 8.51. The minimum Gasteiger partial charge on any atom is -0.324 e. The van der Waals surface area contributed by atoms with Crippen molar-refractivity contribution in [3.8, 4) is 0 Å². The highest BCUT2D eigenvalue weighted by atomic mass is 79.9. The first-order chi connectivity index (χ1) is 12.5. The first kappa shape index (κ1) is 18.7. The summed E-state index contributed by atoms with van der Waals surface area (Å²) < 4.78 is 0.877. The quantitative estimate of drug-likeness (QED) is 0.564. The van der Waals surface area contributed by atoms with Crippen molar-refractivity contribution >= 4 is 39.3 Å². The molecule has 0 spiro atoms. The Morgan fingerprint density at radius 2 is 1.92 bits per heavy atom. The average molecular weight is 431 g/mol. The maximum absolute atomic E-state index is 12.2. The van der Waals surface area contributed by atoms with Gasteiger partial charge in [0.05, 0.1) is 11.4 Å². The van der Waals surface area contributed by atoms with E-state index in [2.05, 4.69) is 36.4 Å². The number of rotatable bonds is 6. The number of thioether (sulfide) groups is 1. The summed E-state index contributed by atoms with van der Waals surface area (Å²) >= 11 is 4.80. The van der Waals surface area contributed by atoms with Gasteiger partial charge < -0.3 is 5.32 Å². The van der Waals surface area contributed by atoms with E-state index in [-0.39, 0.29) is 11.7 Å². The third-order valence-corrected chi connectivity index (χ3v) is 5.42. The molecule has 1 aromatic heterocycles. The summed E-state index contributed by atoms with van der Waals surface area (Å²) in [6.45, 7) is 4.06. The Labute approximate surface area is 165 Å². The van der Waals surface area contributed by atoms with Crippen molar-refractivity contribution in [1.82, 2.24) is 15.2 Å². The third-order valence-electron chi connectivity index (χ3n) is 3.92. The molecule has 0 aliphatic carbocycles. The summed E-state index contributed by atoms with van der Waals surface area (Å²) in [4.78, 5) is 16.6. The van der Waals surface area contributed by atoms with Crippen LogP contribution in [0, 0.1) is 13.8 Å². The SMILES string of the molecule is Cc1cc(Br)c(NC(=O)CSc2n[nH]c(Cc3ccccc3)n2)cc1C. The predicted molar refractivity (Wildman–Crippen MR) is 109 cm³/mol. The molecule has 0 unspecified atom stereocenters. The molecule has 26 heavy (non-hydrogen) atoms. The Morgan fingerprint density at radius 3 is 2.69 bits per heavy atom. The van der Waals surface area contributed by atoms with E-state index >= 15 is 0 Å².